The van der Waals surface area contributed by atoms with E-state index >= 15 is 0 Å². The molecule has 9 heavy (non-hydrogen) atoms. The molecule has 1 saturated heterocycles. The maximum absolute atomic E-state index is 5.32. The van der Waals surface area contributed by atoms with Gasteiger partial charge in [-0.25, -0.2) is 4.99 Å². The number of ether oxygens (including phenoxy) is 2. The minimum atomic E-state index is -0.0869. The maximum atomic E-state index is 5.32. The molecule has 2 rings (SSSR count). The lowest BCUT2D eigenvalue weighted by Gasteiger charge is -2.15. The van der Waals surface area contributed by atoms with E-state index in [1.807, 2.05) is 13.8 Å². The summed E-state index contributed by atoms with van der Waals surface area (Å²) in [5.41, 5.74) is 0. The van der Waals surface area contributed by atoms with Crippen molar-refractivity contribution in [1.82, 2.24) is 0 Å². The highest BCUT2D eigenvalue weighted by Gasteiger charge is 2.43. The predicted octanol–water partition coefficient (Wildman–Crippen LogP) is 0.548. The van der Waals surface area contributed by atoms with Gasteiger partial charge >= 0.3 is 0 Å². The molecule has 0 saturated carbocycles. The average Bonchev–Trinajstić information content (AvgIpc) is 2.46. The van der Waals surface area contributed by atoms with Gasteiger partial charge in [-0.2, -0.15) is 0 Å². The van der Waals surface area contributed by atoms with Gasteiger partial charge in [-0.1, -0.05) is 0 Å². The summed E-state index contributed by atoms with van der Waals surface area (Å²) >= 11 is 0. The molecule has 3 atom stereocenters. The normalized spacial score (nSPS) is 46.9. The first-order chi connectivity index (χ1) is 4.27. The number of hydrogen-bond acceptors (Lipinski definition) is 3. The second-order valence-electron chi connectivity index (χ2n) is 2.50. The van der Waals surface area contributed by atoms with E-state index in [0.717, 1.165) is 5.90 Å². The summed E-state index contributed by atoms with van der Waals surface area (Å²) in [5.74, 6) is 0.778. The summed E-state index contributed by atoms with van der Waals surface area (Å²) in [6.07, 6.45) is 0.123. The first kappa shape index (κ1) is 5.23. The van der Waals surface area contributed by atoms with Gasteiger partial charge in [-0.05, 0) is 13.8 Å². The molecule has 2 aliphatic heterocycles. The van der Waals surface area contributed by atoms with Crippen molar-refractivity contribution >= 4 is 5.90 Å². The van der Waals surface area contributed by atoms with Gasteiger partial charge in [0.15, 0.2) is 0 Å². The van der Waals surface area contributed by atoms with E-state index in [1.54, 1.807) is 0 Å². The molecule has 0 aromatic heterocycles. The van der Waals surface area contributed by atoms with E-state index in [4.69, 9.17) is 9.47 Å². The van der Waals surface area contributed by atoms with E-state index in [-0.39, 0.29) is 18.4 Å². The number of epoxide rings is 1. The lowest BCUT2D eigenvalue weighted by molar-refractivity contribution is -0.0112. The molecule has 2 aliphatic rings. The van der Waals surface area contributed by atoms with E-state index in [9.17, 15) is 0 Å². The van der Waals surface area contributed by atoms with E-state index in [2.05, 4.69) is 4.99 Å². The Bertz CT molecular complexity index is 166. The first-order valence-corrected chi connectivity index (χ1v) is 3.17. The molecule has 0 aromatic rings. The summed E-state index contributed by atoms with van der Waals surface area (Å²) < 4.78 is 10.3. The van der Waals surface area contributed by atoms with Gasteiger partial charge in [0.25, 0.3) is 12.2 Å². The van der Waals surface area contributed by atoms with Crippen LogP contribution in [0, 0.1) is 0 Å². The molecule has 3 unspecified atom stereocenters. The van der Waals surface area contributed by atoms with Crippen LogP contribution in [0.4, 0.5) is 0 Å². The summed E-state index contributed by atoms with van der Waals surface area (Å²) in [5, 5.41) is 0. The largest absolute Gasteiger partial charge is 0.437 e. The van der Waals surface area contributed by atoms with Crippen LogP contribution < -0.4 is 0 Å². The molecule has 0 N–H and O–H groups in total. The van der Waals surface area contributed by atoms with Crippen LogP contribution in [-0.2, 0) is 9.47 Å². The fraction of sp³-hybridized carbons (Fsp3) is 0.833. The number of rotatable bonds is 0. The van der Waals surface area contributed by atoms with E-state index in [1.165, 1.54) is 0 Å². The zero-order valence-electron chi connectivity index (χ0n) is 5.50. The van der Waals surface area contributed by atoms with Crippen molar-refractivity contribution in [1.29, 1.82) is 0 Å². The van der Waals surface area contributed by atoms with Crippen molar-refractivity contribution in [2.24, 2.45) is 4.99 Å². The Balaban J connectivity index is 2.16. The van der Waals surface area contributed by atoms with Crippen molar-refractivity contribution in [3.05, 3.63) is 0 Å². The maximum Gasteiger partial charge on any atom is 0.279 e. The molecule has 0 bridgehead atoms. The molecular formula is C6H9NO2. The highest BCUT2D eigenvalue weighted by Crippen LogP contribution is 2.26. The highest BCUT2D eigenvalue weighted by molar-refractivity contribution is 5.91. The Morgan fingerprint density at radius 3 is 2.89 bits per heavy atom. The van der Waals surface area contributed by atoms with Gasteiger partial charge in [0.2, 0.25) is 0 Å². The minimum Gasteiger partial charge on any atom is -0.437 e. The quantitative estimate of drug-likeness (QED) is 0.445. The number of nitrogens with zero attached hydrogens (tertiary/aromatic N) is 1. The van der Waals surface area contributed by atoms with Crippen LogP contribution in [-0.4, -0.2) is 24.3 Å². The standard InChI is InChI=1S/C6H9NO2/c1-3-4(2)8-6-5(7-3)9-6/h3-4,6H,1-2H3. The average molecular weight is 127 g/mol. The zero-order chi connectivity index (χ0) is 6.43. The lowest BCUT2D eigenvalue weighted by atomic mass is 10.2. The predicted molar refractivity (Wildman–Crippen MR) is 32.3 cm³/mol. The molecule has 0 aliphatic carbocycles. The van der Waals surface area contributed by atoms with Crippen LogP contribution in [0.15, 0.2) is 4.99 Å². The third-order valence-electron chi connectivity index (χ3n) is 1.72. The minimum absolute atomic E-state index is 0.0869. The van der Waals surface area contributed by atoms with Gasteiger partial charge in [0.1, 0.15) is 0 Å². The topological polar surface area (TPSA) is 34.1 Å². The smallest absolute Gasteiger partial charge is 0.279 e. The van der Waals surface area contributed by atoms with Crippen LogP contribution in [0.25, 0.3) is 0 Å². The summed E-state index contributed by atoms with van der Waals surface area (Å²) in [6, 6.07) is 0.263. The van der Waals surface area contributed by atoms with Gasteiger partial charge < -0.3 is 9.47 Å². The molecule has 3 nitrogen and oxygen atoms in total. The third-order valence-corrected chi connectivity index (χ3v) is 1.72. The Kier molecular flexibility index (Phi) is 0.858. The van der Waals surface area contributed by atoms with Crippen LogP contribution in [0.2, 0.25) is 0 Å². The first-order valence-electron chi connectivity index (χ1n) is 3.17. The van der Waals surface area contributed by atoms with Gasteiger partial charge in [-0.15, -0.1) is 0 Å². The molecule has 3 heteroatoms. The Labute approximate surface area is 53.7 Å². The molecule has 2 heterocycles. The van der Waals surface area contributed by atoms with Crippen molar-refractivity contribution < 1.29 is 9.47 Å². The van der Waals surface area contributed by atoms with Crippen molar-refractivity contribution in [2.75, 3.05) is 0 Å². The zero-order valence-corrected chi connectivity index (χ0v) is 5.50. The molecule has 0 aromatic carbocycles. The van der Waals surface area contributed by atoms with Crippen molar-refractivity contribution in [3.63, 3.8) is 0 Å². The summed E-state index contributed by atoms with van der Waals surface area (Å²) in [7, 11) is 0. The fourth-order valence-electron chi connectivity index (χ4n) is 0.867. The van der Waals surface area contributed by atoms with Crippen molar-refractivity contribution in [3.8, 4) is 0 Å². The number of hydrogen-bond donors (Lipinski definition) is 0. The Morgan fingerprint density at radius 1 is 1.44 bits per heavy atom. The highest BCUT2D eigenvalue weighted by atomic mass is 16.8. The van der Waals surface area contributed by atoms with Gasteiger partial charge in [-0.3, -0.25) is 0 Å². The Morgan fingerprint density at radius 2 is 2.22 bits per heavy atom. The summed E-state index contributed by atoms with van der Waals surface area (Å²) in [4.78, 5) is 4.21. The van der Waals surface area contributed by atoms with Crippen LogP contribution in [0.5, 0.6) is 0 Å². The van der Waals surface area contributed by atoms with Gasteiger partial charge in [0, 0.05) is 0 Å². The van der Waals surface area contributed by atoms with E-state index < -0.39 is 0 Å². The van der Waals surface area contributed by atoms with Crippen LogP contribution >= 0.6 is 0 Å². The molecular weight excluding hydrogens is 118 g/mol. The monoisotopic (exact) mass is 127 g/mol. The van der Waals surface area contributed by atoms with Crippen LogP contribution in [0.1, 0.15) is 13.8 Å². The Hall–Kier alpha value is -0.570. The van der Waals surface area contributed by atoms with Crippen LogP contribution in [0.3, 0.4) is 0 Å². The van der Waals surface area contributed by atoms with E-state index in [0.29, 0.717) is 0 Å². The third kappa shape index (κ3) is 0.721. The number of fused-ring (bicyclic) bond motifs is 1. The SMILES string of the molecule is CC1N=C2OC2OC1C. The molecule has 1 fully saturated rings. The lowest BCUT2D eigenvalue weighted by Crippen LogP contribution is -2.26. The summed E-state index contributed by atoms with van der Waals surface area (Å²) in [6.45, 7) is 4.03. The molecule has 50 valence electrons. The molecule has 0 radical (unpaired) electrons. The van der Waals surface area contributed by atoms with Crippen molar-refractivity contribution in [2.45, 2.75) is 32.3 Å². The second kappa shape index (κ2) is 1.48. The fourth-order valence-corrected chi connectivity index (χ4v) is 0.867. The number of aliphatic imine (C=N–C) groups is 1. The molecule has 0 amide bonds. The molecule has 0 spiro atoms. The second-order valence-corrected chi connectivity index (χ2v) is 2.50. The van der Waals surface area contributed by atoms with Gasteiger partial charge in [0.05, 0.1) is 12.1 Å².